The van der Waals surface area contributed by atoms with Gasteiger partial charge in [0.1, 0.15) is 5.75 Å². The van der Waals surface area contributed by atoms with Crippen molar-refractivity contribution in [2.45, 2.75) is 26.3 Å². The number of nitrogens with zero attached hydrogens (tertiary/aromatic N) is 2. The third kappa shape index (κ3) is 6.88. The van der Waals surface area contributed by atoms with E-state index in [0.717, 1.165) is 35.4 Å². The molecule has 0 spiro atoms. The molecule has 0 unspecified atom stereocenters. The lowest BCUT2D eigenvalue weighted by molar-refractivity contribution is -0.274. The molecular formula is C23H21ClF3N3O2. The first-order valence-electron chi connectivity index (χ1n) is 9.86. The summed E-state index contributed by atoms with van der Waals surface area (Å²) < 4.78 is 40.7. The Labute approximate surface area is 188 Å². The van der Waals surface area contributed by atoms with Crippen LogP contribution in [-0.2, 0) is 6.54 Å². The number of ether oxygens (including phenoxy) is 1. The van der Waals surface area contributed by atoms with Gasteiger partial charge in [0.05, 0.1) is 5.69 Å². The Morgan fingerprint density at radius 3 is 2.53 bits per heavy atom. The molecular weight excluding hydrogens is 443 g/mol. The van der Waals surface area contributed by atoms with E-state index in [2.05, 4.69) is 15.0 Å². The number of carbonyl (C=O) groups excluding carboxylic acids is 1. The van der Waals surface area contributed by atoms with E-state index >= 15 is 0 Å². The Morgan fingerprint density at radius 2 is 1.88 bits per heavy atom. The standard InChI is InChI=1S/C23H21ClF3N3O2/c1-2-12-30(22(31)29-19-6-8-20(9-7-19)32-23(25,26)27)15-16-4-3-5-17(13-16)21-14-18(24)10-11-28-21/h3-11,13-14H,2,12,15H2,1H3,(H,29,31). The molecule has 32 heavy (non-hydrogen) atoms. The van der Waals surface area contributed by atoms with Gasteiger partial charge in [-0.3, -0.25) is 4.98 Å². The van der Waals surface area contributed by atoms with Crippen molar-refractivity contribution in [1.82, 2.24) is 9.88 Å². The zero-order valence-corrected chi connectivity index (χ0v) is 18.0. The van der Waals surface area contributed by atoms with Crippen LogP contribution >= 0.6 is 11.6 Å². The highest BCUT2D eigenvalue weighted by Gasteiger charge is 2.31. The summed E-state index contributed by atoms with van der Waals surface area (Å²) in [5, 5.41) is 3.29. The normalized spacial score (nSPS) is 11.2. The van der Waals surface area contributed by atoms with Crippen LogP contribution in [0.2, 0.25) is 5.02 Å². The predicted octanol–water partition coefficient (Wildman–Crippen LogP) is 6.74. The van der Waals surface area contributed by atoms with Gasteiger partial charge in [-0.25, -0.2) is 4.79 Å². The first kappa shape index (κ1) is 23.4. The Kier molecular flexibility index (Phi) is 7.58. The van der Waals surface area contributed by atoms with Crippen LogP contribution in [0.25, 0.3) is 11.3 Å². The summed E-state index contributed by atoms with van der Waals surface area (Å²) in [4.78, 5) is 18.8. The molecule has 0 saturated heterocycles. The molecule has 5 nitrogen and oxygen atoms in total. The summed E-state index contributed by atoms with van der Waals surface area (Å²) in [5.41, 5.74) is 2.87. The fraction of sp³-hybridized carbons (Fsp3) is 0.217. The number of alkyl halides is 3. The van der Waals surface area contributed by atoms with Crippen LogP contribution in [0.15, 0.2) is 66.9 Å². The molecule has 2 amide bonds. The Balaban J connectivity index is 1.70. The molecule has 2 aromatic carbocycles. The van der Waals surface area contributed by atoms with Gasteiger partial charge in [-0.2, -0.15) is 0 Å². The summed E-state index contributed by atoms with van der Waals surface area (Å²) in [6, 6.07) is 15.8. The van der Waals surface area contributed by atoms with Crippen LogP contribution in [0.5, 0.6) is 5.75 Å². The summed E-state index contributed by atoms with van der Waals surface area (Å²) in [7, 11) is 0. The van der Waals surface area contributed by atoms with Gasteiger partial charge in [0.25, 0.3) is 0 Å². The molecule has 0 aliphatic heterocycles. The summed E-state index contributed by atoms with van der Waals surface area (Å²) in [5.74, 6) is -0.354. The second-order valence-electron chi connectivity index (χ2n) is 6.98. The van der Waals surface area contributed by atoms with Gasteiger partial charge in [0.15, 0.2) is 0 Å². The van der Waals surface area contributed by atoms with Crippen LogP contribution in [0.1, 0.15) is 18.9 Å². The molecule has 1 aromatic heterocycles. The van der Waals surface area contributed by atoms with Crippen LogP contribution in [0.4, 0.5) is 23.7 Å². The average Bonchev–Trinajstić information content (AvgIpc) is 2.74. The van der Waals surface area contributed by atoms with Gasteiger partial charge in [-0.1, -0.05) is 36.7 Å². The Bertz CT molecular complexity index is 1060. The Hall–Kier alpha value is -3.26. The second kappa shape index (κ2) is 10.4. The third-order valence-electron chi connectivity index (χ3n) is 4.44. The molecule has 3 rings (SSSR count). The number of nitrogens with one attached hydrogen (secondary N) is 1. The number of rotatable bonds is 7. The molecule has 0 radical (unpaired) electrons. The van der Waals surface area contributed by atoms with Crippen LogP contribution < -0.4 is 10.1 Å². The lowest BCUT2D eigenvalue weighted by Gasteiger charge is -2.23. The van der Waals surface area contributed by atoms with Crippen molar-refractivity contribution in [3.63, 3.8) is 0 Å². The van der Waals surface area contributed by atoms with E-state index in [9.17, 15) is 18.0 Å². The number of benzene rings is 2. The fourth-order valence-electron chi connectivity index (χ4n) is 3.08. The van der Waals surface area contributed by atoms with Gasteiger partial charge in [0.2, 0.25) is 0 Å². The summed E-state index contributed by atoms with van der Waals surface area (Å²) >= 11 is 6.06. The molecule has 0 atom stereocenters. The average molecular weight is 464 g/mol. The number of carbonyl (C=O) groups is 1. The number of pyridine rings is 1. The van der Waals surface area contributed by atoms with E-state index in [0.29, 0.717) is 23.8 Å². The van der Waals surface area contributed by atoms with Gasteiger partial charge >= 0.3 is 12.4 Å². The number of halogens is 4. The smallest absolute Gasteiger partial charge is 0.406 e. The molecule has 0 aliphatic rings. The lowest BCUT2D eigenvalue weighted by Crippen LogP contribution is -2.35. The van der Waals surface area contributed by atoms with Crippen molar-refractivity contribution in [3.05, 3.63) is 77.4 Å². The Morgan fingerprint density at radius 1 is 1.12 bits per heavy atom. The highest BCUT2D eigenvalue weighted by Crippen LogP contribution is 2.25. The molecule has 1 N–H and O–H groups in total. The predicted molar refractivity (Wildman–Crippen MR) is 118 cm³/mol. The summed E-state index contributed by atoms with van der Waals surface area (Å²) in [6.07, 6.45) is -2.40. The molecule has 0 saturated carbocycles. The fourth-order valence-corrected chi connectivity index (χ4v) is 3.24. The quantitative estimate of drug-likeness (QED) is 0.422. The maximum Gasteiger partial charge on any atom is 0.573 e. The SMILES string of the molecule is CCCN(Cc1cccc(-c2cc(Cl)ccn2)c1)C(=O)Nc1ccc(OC(F)(F)F)cc1. The van der Waals surface area contributed by atoms with E-state index in [1.54, 1.807) is 23.2 Å². The summed E-state index contributed by atoms with van der Waals surface area (Å²) in [6.45, 7) is 2.81. The molecule has 0 aliphatic carbocycles. The molecule has 0 fully saturated rings. The number of hydrogen-bond donors (Lipinski definition) is 1. The van der Waals surface area contributed by atoms with Crippen molar-refractivity contribution < 1.29 is 22.7 Å². The maximum atomic E-state index is 12.8. The lowest BCUT2D eigenvalue weighted by atomic mass is 10.1. The van der Waals surface area contributed by atoms with Gasteiger partial charge in [-0.05, 0) is 54.4 Å². The van der Waals surface area contributed by atoms with Crippen molar-refractivity contribution in [3.8, 4) is 17.0 Å². The van der Waals surface area contributed by atoms with Crippen LogP contribution in [0, 0.1) is 0 Å². The zero-order valence-electron chi connectivity index (χ0n) is 17.2. The molecule has 0 bridgehead atoms. The highest BCUT2D eigenvalue weighted by atomic mass is 35.5. The number of hydrogen-bond acceptors (Lipinski definition) is 3. The van der Waals surface area contributed by atoms with Crippen molar-refractivity contribution >= 4 is 23.3 Å². The van der Waals surface area contributed by atoms with Crippen LogP contribution in [-0.4, -0.2) is 28.8 Å². The van der Waals surface area contributed by atoms with Crippen molar-refractivity contribution in [2.24, 2.45) is 0 Å². The number of aromatic nitrogens is 1. The minimum Gasteiger partial charge on any atom is -0.406 e. The molecule has 3 aromatic rings. The van der Waals surface area contributed by atoms with E-state index < -0.39 is 6.36 Å². The van der Waals surface area contributed by atoms with Crippen molar-refractivity contribution in [1.29, 1.82) is 0 Å². The maximum absolute atomic E-state index is 12.8. The van der Waals surface area contributed by atoms with E-state index in [1.807, 2.05) is 31.2 Å². The van der Waals surface area contributed by atoms with E-state index in [-0.39, 0.29) is 11.8 Å². The third-order valence-corrected chi connectivity index (χ3v) is 4.67. The van der Waals surface area contributed by atoms with Crippen molar-refractivity contribution in [2.75, 3.05) is 11.9 Å². The minimum absolute atomic E-state index is 0.351. The topological polar surface area (TPSA) is 54.5 Å². The van der Waals surface area contributed by atoms with Crippen LogP contribution in [0.3, 0.4) is 0 Å². The van der Waals surface area contributed by atoms with E-state index in [1.165, 1.54) is 12.1 Å². The van der Waals surface area contributed by atoms with Gasteiger partial charge in [0, 0.05) is 35.6 Å². The molecule has 168 valence electrons. The number of amides is 2. The highest BCUT2D eigenvalue weighted by molar-refractivity contribution is 6.30. The number of urea groups is 1. The number of anilines is 1. The van der Waals surface area contributed by atoms with Gasteiger partial charge < -0.3 is 15.0 Å². The zero-order chi connectivity index (χ0) is 23.1. The minimum atomic E-state index is -4.77. The van der Waals surface area contributed by atoms with E-state index in [4.69, 9.17) is 11.6 Å². The van der Waals surface area contributed by atoms with Gasteiger partial charge in [-0.15, -0.1) is 13.2 Å². The first-order chi connectivity index (χ1) is 15.2. The monoisotopic (exact) mass is 463 g/mol. The molecule has 9 heteroatoms. The molecule has 1 heterocycles. The first-order valence-corrected chi connectivity index (χ1v) is 10.2. The largest absolute Gasteiger partial charge is 0.573 e. The second-order valence-corrected chi connectivity index (χ2v) is 7.42.